The number of likely N-dealkylation sites (N-methyl/N-ethyl adjacent to an activating group) is 1. The van der Waals surface area contributed by atoms with E-state index in [1.807, 2.05) is 7.05 Å². The second kappa shape index (κ2) is 4.96. The summed E-state index contributed by atoms with van der Waals surface area (Å²) >= 11 is 0. The number of fused-ring (bicyclic) bond motifs is 1. The molecule has 5 nitrogen and oxygen atoms in total. The molecule has 3 rings (SSSR count). The van der Waals surface area contributed by atoms with Gasteiger partial charge in [-0.15, -0.1) is 0 Å². The van der Waals surface area contributed by atoms with Crippen molar-refractivity contribution in [1.29, 1.82) is 0 Å². The molecule has 0 aromatic heterocycles. The average molecular weight is 278 g/mol. The van der Waals surface area contributed by atoms with Crippen molar-refractivity contribution in [2.45, 2.75) is 6.10 Å². The van der Waals surface area contributed by atoms with Gasteiger partial charge in [0.1, 0.15) is 5.82 Å². The Morgan fingerprint density at radius 3 is 2.95 bits per heavy atom. The molecule has 6 heteroatoms. The van der Waals surface area contributed by atoms with E-state index < -0.39 is 17.5 Å². The summed E-state index contributed by atoms with van der Waals surface area (Å²) in [5, 5.41) is 0. The van der Waals surface area contributed by atoms with Crippen molar-refractivity contribution in [1.82, 2.24) is 4.90 Å². The summed E-state index contributed by atoms with van der Waals surface area (Å²) in [6, 6.07) is 3.84. The molecular weight excluding hydrogens is 263 g/mol. The Kier molecular flexibility index (Phi) is 3.27. The standard InChI is InChI=1S/C14H15FN2O3/c1-16-4-5-20-10(7-16)8-17-12-3-2-9(15)6-11(12)13(18)14(17)19/h2-3,6,10H,4-5,7-8H2,1H3. The zero-order valence-electron chi connectivity index (χ0n) is 11.1. The Labute approximate surface area is 115 Å². The van der Waals surface area contributed by atoms with E-state index in [1.54, 1.807) is 0 Å². The number of morpholine rings is 1. The number of carbonyl (C=O) groups excluding carboxylic acids is 2. The molecule has 0 N–H and O–H groups in total. The number of carbonyl (C=O) groups is 2. The summed E-state index contributed by atoms with van der Waals surface area (Å²) in [5.41, 5.74) is 0.609. The molecule has 1 atom stereocenters. The van der Waals surface area contributed by atoms with E-state index in [2.05, 4.69) is 4.90 Å². The van der Waals surface area contributed by atoms with Gasteiger partial charge in [-0.25, -0.2) is 4.39 Å². The fourth-order valence-electron chi connectivity index (χ4n) is 2.63. The van der Waals surface area contributed by atoms with Crippen molar-refractivity contribution < 1.29 is 18.7 Å². The minimum atomic E-state index is -0.649. The molecule has 2 aliphatic rings. The van der Waals surface area contributed by atoms with Gasteiger partial charge >= 0.3 is 0 Å². The summed E-state index contributed by atoms with van der Waals surface area (Å²) in [5.74, 6) is -1.77. The maximum atomic E-state index is 13.2. The maximum Gasteiger partial charge on any atom is 0.299 e. The highest BCUT2D eigenvalue weighted by molar-refractivity contribution is 6.52. The van der Waals surface area contributed by atoms with E-state index in [9.17, 15) is 14.0 Å². The number of benzene rings is 1. The summed E-state index contributed by atoms with van der Waals surface area (Å²) in [6.07, 6.45) is -0.137. The topological polar surface area (TPSA) is 49.9 Å². The average Bonchev–Trinajstić information content (AvgIpc) is 2.64. The molecule has 1 saturated heterocycles. The van der Waals surface area contributed by atoms with E-state index in [0.717, 1.165) is 12.6 Å². The summed E-state index contributed by atoms with van der Waals surface area (Å²) in [4.78, 5) is 27.4. The molecule has 20 heavy (non-hydrogen) atoms. The molecule has 1 aromatic carbocycles. The Balaban J connectivity index is 1.84. The molecule has 1 aromatic rings. The molecule has 0 aliphatic carbocycles. The monoisotopic (exact) mass is 278 g/mol. The molecule has 106 valence electrons. The summed E-state index contributed by atoms with van der Waals surface area (Å²) < 4.78 is 18.8. The van der Waals surface area contributed by atoms with Crippen LogP contribution in [0.3, 0.4) is 0 Å². The van der Waals surface area contributed by atoms with Gasteiger partial charge in [0.2, 0.25) is 0 Å². The highest BCUT2D eigenvalue weighted by Crippen LogP contribution is 2.30. The lowest BCUT2D eigenvalue weighted by atomic mass is 10.1. The number of amides is 1. The number of anilines is 1. The lowest BCUT2D eigenvalue weighted by Crippen LogP contribution is -2.47. The normalized spacial score (nSPS) is 23.3. The van der Waals surface area contributed by atoms with Crippen molar-refractivity contribution in [3.05, 3.63) is 29.6 Å². The molecule has 0 saturated carbocycles. The minimum absolute atomic E-state index is 0.137. The first-order valence-corrected chi connectivity index (χ1v) is 6.52. The lowest BCUT2D eigenvalue weighted by Gasteiger charge is -2.32. The molecule has 2 heterocycles. The van der Waals surface area contributed by atoms with Gasteiger partial charge in [-0.05, 0) is 25.2 Å². The Bertz CT molecular complexity index is 576. The van der Waals surface area contributed by atoms with Gasteiger partial charge in [0, 0.05) is 13.1 Å². The molecule has 2 aliphatic heterocycles. The summed E-state index contributed by atoms with van der Waals surface area (Å²) in [7, 11) is 1.98. The first-order valence-electron chi connectivity index (χ1n) is 6.52. The van der Waals surface area contributed by atoms with Crippen molar-refractivity contribution in [3.63, 3.8) is 0 Å². The van der Waals surface area contributed by atoms with Crippen LogP contribution < -0.4 is 4.90 Å². The third kappa shape index (κ3) is 2.21. The van der Waals surface area contributed by atoms with Crippen LogP contribution in [0.2, 0.25) is 0 Å². The van der Waals surface area contributed by atoms with E-state index in [4.69, 9.17) is 4.74 Å². The van der Waals surface area contributed by atoms with Crippen molar-refractivity contribution in [2.75, 3.05) is 38.2 Å². The predicted molar refractivity (Wildman–Crippen MR) is 70.3 cm³/mol. The number of Topliss-reactive ketones (excluding diaryl/α,β-unsaturated/α-hetero) is 1. The van der Waals surface area contributed by atoms with Gasteiger partial charge in [0.15, 0.2) is 0 Å². The van der Waals surface area contributed by atoms with Gasteiger partial charge in [0.05, 0.1) is 30.5 Å². The molecule has 1 unspecified atom stereocenters. The fourth-order valence-corrected chi connectivity index (χ4v) is 2.63. The number of ether oxygens (including phenoxy) is 1. The SMILES string of the molecule is CN1CCOC(CN2C(=O)C(=O)c3cc(F)ccc32)C1. The van der Waals surface area contributed by atoms with Gasteiger partial charge in [-0.2, -0.15) is 0 Å². The van der Waals surface area contributed by atoms with Crippen LogP contribution in [0.5, 0.6) is 0 Å². The minimum Gasteiger partial charge on any atom is -0.374 e. The van der Waals surface area contributed by atoms with Crippen LogP contribution in [0.4, 0.5) is 10.1 Å². The van der Waals surface area contributed by atoms with Gasteiger partial charge in [-0.3, -0.25) is 9.59 Å². The third-order valence-corrected chi connectivity index (χ3v) is 3.66. The van der Waals surface area contributed by atoms with Gasteiger partial charge < -0.3 is 14.5 Å². The molecular formula is C14H15FN2O3. The second-order valence-corrected chi connectivity index (χ2v) is 5.16. The lowest BCUT2D eigenvalue weighted by molar-refractivity contribution is -0.115. The third-order valence-electron chi connectivity index (χ3n) is 3.66. The van der Waals surface area contributed by atoms with E-state index in [-0.39, 0.29) is 11.7 Å². The van der Waals surface area contributed by atoms with E-state index >= 15 is 0 Å². The molecule has 1 amide bonds. The molecule has 1 fully saturated rings. The number of nitrogens with zero attached hydrogens (tertiary/aromatic N) is 2. The molecule has 0 spiro atoms. The molecule has 0 radical (unpaired) electrons. The summed E-state index contributed by atoms with van der Waals surface area (Å²) in [6.45, 7) is 2.47. The predicted octanol–water partition coefficient (Wildman–Crippen LogP) is 0.686. The Morgan fingerprint density at radius 2 is 2.20 bits per heavy atom. The van der Waals surface area contributed by atoms with Gasteiger partial charge in [0.25, 0.3) is 11.7 Å². The first kappa shape index (κ1) is 13.2. The number of hydrogen-bond acceptors (Lipinski definition) is 4. The number of halogens is 1. The zero-order chi connectivity index (χ0) is 14.3. The highest BCUT2D eigenvalue weighted by atomic mass is 19.1. The number of ketones is 1. The van der Waals surface area contributed by atoms with Crippen LogP contribution in [-0.4, -0.2) is 56.0 Å². The fraction of sp³-hybridized carbons (Fsp3) is 0.429. The van der Waals surface area contributed by atoms with E-state index in [1.165, 1.54) is 17.0 Å². The smallest absolute Gasteiger partial charge is 0.299 e. The quantitative estimate of drug-likeness (QED) is 0.747. The Morgan fingerprint density at radius 1 is 1.40 bits per heavy atom. The zero-order valence-corrected chi connectivity index (χ0v) is 11.1. The number of hydrogen-bond donors (Lipinski definition) is 0. The van der Waals surface area contributed by atoms with Gasteiger partial charge in [-0.1, -0.05) is 0 Å². The van der Waals surface area contributed by atoms with Crippen LogP contribution in [0.1, 0.15) is 10.4 Å². The molecule has 0 bridgehead atoms. The van der Waals surface area contributed by atoms with Crippen LogP contribution in [0.25, 0.3) is 0 Å². The van der Waals surface area contributed by atoms with Crippen molar-refractivity contribution in [2.24, 2.45) is 0 Å². The van der Waals surface area contributed by atoms with Crippen molar-refractivity contribution >= 4 is 17.4 Å². The second-order valence-electron chi connectivity index (χ2n) is 5.16. The number of rotatable bonds is 2. The Hall–Kier alpha value is -1.79. The van der Waals surface area contributed by atoms with Crippen molar-refractivity contribution in [3.8, 4) is 0 Å². The maximum absolute atomic E-state index is 13.2. The first-order chi connectivity index (χ1) is 9.56. The van der Waals surface area contributed by atoms with Crippen LogP contribution >= 0.6 is 0 Å². The largest absolute Gasteiger partial charge is 0.374 e. The van der Waals surface area contributed by atoms with Crippen LogP contribution in [0.15, 0.2) is 18.2 Å². The van der Waals surface area contributed by atoms with Crippen LogP contribution in [-0.2, 0) is 9.53 Å². The highest BCUT2D eigenvalue weighted by Gasteiger charge is 2.37. The van der Waals surface area contributed by atoms with Crippen LogP contribution in [0, 0.1) is 5.82 Å². The van der Waals surface area contributed by atoms with E-state index in [0.29, 0.717) is 25.4 Å².